The maximum absolute atomic E-state index is 15.4. The van der Waals surface area contributed by atoms with E-state index in [1.807, 2.05) is 13.8 Å². The van der Waals surface area contributed by atoms with Crippen molar-refractivity contribution in [2.75, 3.05) is 12.4 Å². The van der Waals surface area contributed by atoms with Crippen LogP contribution in [-0.4, -0.2) is 111 Å². The van der Waals surface area contributed by atoms with Gasteiger partial charge in [0, 0.05) is 31.9 Å². The smallest absolute Gasteiger partial charge is 0.338 e. The van der Waals surface area contributed by atoms with Gasteiger partial charge in [0.05, 0.1) is 35.9 Å². The number of Topliss-reactive ketones (excluding diaryl/α,β-unsaturated/α-hetero) is 1. The summed E-state index contributed by atoms with van der Waals surface area (Å²) in [5.74, 6) is -6.83. The molecule has 2 unspecified atom stereocenters. The summed E-state index contributed by atoms with van der Waals surface area (Å²) in [6.45, 7) is 12.0. The second-order valence-corrected chi connectivity index (χ2v) is 18.2. The molecule has 2 heterocycles. The molecule has 1 aromatic heterocycles. The SMILES string of the molecule is CC(=O)O[C@H]1C(=O)[C@@]2(C)C([C@H](OC(=O)c3ccccc3)C3[C@@H](O)[C@H](OC(=O)[C@H](O)[C@@H](NC(=O)SCC(C)C)c4ccco4)C(C)=C1C3(C)C)[C@]1(OC(C)=O)CO[C@@H]1C[C@@H]2O. The van der Waals surface area contributed by atoms with Crippen molar-refractivity contribution >= 4 is 46.7 Å². The fourth-order valence-electron chi connectivity index (χ4n) is 9.79. The van der Waals surface area contributed by atoms with Crippen molar-refractivity contribution in [3.63, 3.8) is 0 Å². The van der Waals surface area contributed by atoms with E-state index in [1.165, 1.54) is 44.4 Å². The maximum Gasteiger partial charge on any atom is 0.338 e. The number of nitrogens with one attached hydrogen (secondary N) is 1. The number of hydrogen-bond donors (Lipinski definition) is 4. The van der Waals surface area contributed by atoms with Crippen molar-refractivity contribution in [3.05, 3.63) is 71.2 Å². The van der Waals surface area contributed by atoms with Crippen LogP contribution in [0.25, 0.3) is 0 Å². The van der Waals surface area contributed by atoms with Crippen molar-refractivity contribution in [2.45, 2.75) is 116 Å². The minimum atomic E-state index is -2.10. The molecule has 60 heavy (non-hydrogen) atoms. The number of rotatable bonds is 11. The van der Waals surface area contributed by atoms with E-state index in [2.05, 4.69) is 5.32 Å². The zero-order chi connectivity index (χ0) is 44.1. The molecule has 3 aliphatic carbocycles. The number of benzene rings is 1. The molecule has 0 spiro atoms. The number of aliphatic hydroxyl groups excluding tert-OH is 3. The maximum atomic E-state index is 15.4. The van der Waals surface area contributed by atoms with Crippen molar-refractivity contribution in [3.8, 4) is 0 Å². The molecule has 4 N–H and O–H groups in total. The fourth-order valence-corrected chi connectivity index (χ4v) is 10.5. The van der Waals surface area contributed by atoms with Crippen LogP contribution in [0.15, 0.2) is 64.3 Å². The molecule has 2 saturated carbocycles. The monoisotopic (exact) mass is 855 g/mol. The normalized spacial score (nSPS) is 32.8. The van der Waals surface area contributed by atoms with E-state index in [9.17, 15) is 39.3 Å². The van der Waals surface area contributed by atoms with E-state index in [4.69, 9.17) is 28.1 Å². The standard InChI is InChI=1S/C43H53NO15S/c1-20(2)18-60-40(53)44-30(25-15-12-16-54-25)32(49)39(52)57-33-21(3)28-35(56-22(4)45)37(50)42(8)26(47)17-27-43(19-55-27,59-23(5)46)36(42)34(29(31(33)48)41(28,6)7)58-38(51)24-13-10-9-11-14-24/h9-16,20,26-27,29-36,47-49H,17-19H2,1-8H3,(H,44,53)/t26-,27+,29?,30-,31+,32+,33+,34+,35+,36?,42+,43-/m0/s1. The van der Waals surface area contributed by atoms with Gasteiger partial charge in [-0.05, 0) is 60.6 Å². The van der Waals surface area contributed by atoms with Gasteiger partial charge in [0.15, 0.2) is 23.6 Å². The predicted molar refractivity (Wildman–Crippen MR) is 212 cm³/mol. The largest absolute Gasteiger partial charge is 0.467 e. The zero-order valence-corrected chi connectivity index (χ0v) is 35.6. The molecule has 17 heteroatoms. The Hall–Kier alpha value is -4.55. The molecule has 1 aliphatic heterocycles. The van der Waals surface area contributed by atoms with E-state index in [-0.39, 0.29) is 41.4 Å². The summed E-state index contributed by atoms with van der Waals surface area (Å²) in [5, 5.41) is 38.3. The van der Waals surface area contributed by atoms with Gasteiger partial charge in [0.2, 0.25) is 0 Å². The number of carbonyl (C=O) groups is 6. The second-order valence-electron chi connectivity index (χ2n) is 17.2. The Bertz CT molecular complexity index is 2020. The molecule has 16 nitrogen and oxygen atoms in total. The number of aliphatic hydroxyl groups is 3. The highest BCUT2D eigenvalue weighted by atomic mass is 32.2. The number of amides is 1. The Balaban J connectivity index is 1.52. The van der Waals surface area contributed by atoms with Gasteiger partial charge in [-0.1, -0.05) is 57.7 Å². The third-order valence-corrected chi connectivity index (χ3v) is 13.7. The molecular weight excluding hydrogens is 803 g/mol. The van der Waals surface area contributed by atoms with Crippen LogP contribution in [0.4, 0.5) is 4.79 Å². The van der Waals surface area contributed by atoms with Crippen LogP contribution in [0.1, 0.15) is 84.0 Å². The average Bonchev–Trinajstić information content (AvgIpc) is 3.71. The summed E-state index contributed by atoms with van der Waals surface area (Å²) in [7, 11) is 0. The Labute approximate surface area is 351 Å². The van der Waals surface area contributed by atoms with Gasteiger partial charge < -0.3 is 48.7 Å². The summed E-state index contributed by atoms with van der Waals surface area (Å²) in [5.41, 5.74) is -4.86. The Morgan fingerprint density at radius 1 is 0.967 bits per heavy atom. The van der Waals surface area contributed by atoms with E-state index in [0.29, 0.717) is 5.75 Å². The zero-order valence-electron chi connectivity index (χ0n) is 34.7. The topological polar surface area (TPSA) is 234 Å². The molecule has 3 fully saturated rings. The van der Waals surface area contributed by atoms with Crippen LogP contribution in [0, 0.1) is 28.6 Å². The van der Waals surface area contributed by atoms with Crippen molar-refractivity contribution < 1.29 is 72.2 Å². The summed E-state index contributed by atoms with van der Waals surface area (Å²) in [4.78, 5) is 82.6. The Kier molecular flexibility index (Phi) is 12.8. The summed E-state index contributed by atoms with van der Waals surface area (Å²) in [6, 6.07) is 9.42. The van der Waals surface area contributed by atoms with Gasteiger partial charge in [-0.15, -0.1) is 0 Å². The molecule has 2 aromatic rings. The number of carbonyl (C=O) groups excluding carboxylic acids is 6. The van der Waals surface area contributed by atoms with Gasteiger partial charge in [-0.3, -0.25) is 19.2 Å². The van der Waals surface area contributed by atoms with E-state index < -0.39 is 112 Å². The van der Waals surface area contributed by atoms with E-state index in [1.54, 1.807) is 32.0 Å². The highest BCUT2D eigenvalue weighted by molar-refractivity contribution is 8.13. The number of ketones is 1. The van der Waals surface area contributed by atoms with Crippen molar-refractivity contribution in [1.82, 2.24) is 5.32 Å². The van der Waals surface area contributed by atoms with Gasteiger partial charge in [0.1, 0.15) is 36.2 Å². The highest BCUT2D eigenvalue weighted by Gasteiger charge is 2.76. The summed E-state index contributed by atoms with van der Waals surface area (Å²) >= 11 is 0.941. The third-order valence-electron chi connectivity index (χ3n) is 12.5. The molecular formula is C43H53NO15S. The fraction of sp³-hybridized carbons (Fsp3) is 0.581. The number of hydrogen-bond acceptors (Lipinski definition) is 16. The number of ether oxygens (including phenoxy) is 5. The second kappa shape index (κ2) is 17.1. The molecule has 12 atom stereocenters. The van der Waals surface area contributed by atoms with Crippen molar-refractivity contribution in [1.29, 1.82) is 0 Å². The van der Waals surface area contributed by atoms with Crippen LogP contribution >= 0.6 is 11.8 Å². The lowest BCUT2D eigenvalue weighted by Gasteiger charge is -2.66. The number of furan rings is 1. The quantitative estimate of drug-likeness (QED) is 0.143. The lowest BCUT2D eigenvalue weighted by molar-refractivity contribution is -0.337. The molecule has 326 valence electrons. The van der Waals surface area contributed by atoms with Gasteiger partial charge in [0.25, 0.3) is 5.24 Å². The predicted octanol–water partition coefficient (Wildman–Crippen LogP) is 3.85. The number of thioether (sulfide) groups is 1. The van der Waals surface area contributed by atoms with Crippen LogP contribution in [0.5, 0.6) is 0 Å². The van der Waals surface area contributed by atoms with Gasteiger partial charge >= 0.3 is 23.9 Å². The first-order valence-electron chi connectivity index (χ1n) is 19.9. The van der Waals surface area contributed by atoms with E-state index in [0.717, 1.165) is 25.6 Å². The molecule has 2 bridgehead atoms. The highest BCUT2D eigenvalue weighted by Crippen LogP contribution is 2.63. The minimum Gasteiger partial charge on any atom is -0.467 e. The third kappa shape index (κ3) is 7.90. The first-order valence-corrected chi connectivity index (χ1v) is 20.9. The van der Waals surface area contributed by atoms with Crippen LogP contribution in [0.2, 0.25) is 0 Å². The summed E-state index contributed by atoms with van der Waals surface area (Å²) < 4.78 is 35.6. The van der Waals surface area contributed by atoms with Gasteiger partial charge in [-0.2, -0.15) is 0 Å². The Morgan fingerprint density at radius 3 is 2.22 bits per heavy atom. The first-order chi connectivity index (χ1) is 28.2. The molecule has 4 aliphatic rings. The number of fused-ring (bicyclic) bond motifs is 5. The Morgan fingerprint density at radius 2 is 1.65 bits per heavy atom. The van der Waals surface area contributed by atoms with Gasteiger partial charge in [-0.25, -0.2) is 9.59 Å². The average molecular weight is 856 g/mol. The lowest BCUT2D eigenvalue weighted by atomic mass is 9.45. The number of esters is 4. The van der Waals surface area contributed by atoms with Crippen molar-refractivity contribution in [2.24, 2.45) is 28.6 Å². The van der Waals surface area contributed by atoms with Crippen LogP contribution in [-0.2, 0) is 42.9 Å². The summed E-state index contributed by atoms with van der Waals surface area (Å²) in [6.07, 6.45) is -10.3. The van der Waals surface area contributed by atoms with Crippen LogP contribution < -0.4 is 5.32 Å². The van der Waals surface area contributed by atoms with E-state index >= 15 is 4.79 Å². The minimum absolute atomic E-state index is 0.0279. The first kappa shape index (κ1) is 45.0. The molecule has 0 radical (unpaired) electrons. The lowest BCUT2D eigenvalue weighted by Crippen LogP contribution is -2.80. The molecule has 6 rings (SSSR count). The molecule has 1 aromatic carbocycles. The molecule has 1 amide bonds. The van der Waals surface area contributed by atoms with Crippen LogP contribution in [0.3, 0.4) is 0 Å². The molecule has 1 saturated heterocycles.